The number of H-pyrrole nitrogens is 1. The number of aryl methyl sites for hydroxylation is 1. The largest absolute Gasteiger partial charge is 0.372 e. The van der Waals surface area contributed by atoms with Gasteiger partial charge in [0.2, 0.25) is 0 Å². The van der Waals surface area contributed by atoms with Gasteiger partial charge in [0.15, 0.2) is 0 Å². The van der Waals surface area contributed by atoms with E-state index >= 15 is 0 Å². The van der Waals surface area contributed by atoms with Gasteiger partial charge in [-0.15, -0.1) is 0 Å². The summed E-state index contributed by atoms with van der Waals surface area (Å²) in [6.45, 7) is 9.77. The molecule has 1 aliphatic heterocycles. The Balaban J connectivity index is 1.81. The van der Waals surface area contributed by atoms with Gasteiger partial charge in [-0.05, 0) is 66.6 Å². The lowest BCUT2D eigenvalue weighted by atomic mass is 9.87. The maximum Gasteiger partial charge on any atom is 0.143 e. The molecule has 0 fully saturated rings. The van der Waals surface area contributed by atoms with Crippen LogP contribution in [0.3, 0.4) is 0 Å². The zero-order valence-corrected chi connectivity index (χ0v) is 17.0. The molecule has 1 atom stereocenters. The van der Waals surface area contributed by atoms with Gasteiger partial charge < -0.3 is 10.1 Å². The quantitative estimate of drug-likeness (QED) is 0.695. The highest BCUT2D eigenvalue weighted by atomic mass is 16.3. The molecule has 0 spiro atoms. The molecule has 2 heterocycles. The molecular formula is C24H27N3O. The predicted octanol–water partition coefficient (Wildman–Crippen LogP) is 4.73. The molecule has 1 aliphatic rings. The molecule has 144 valence electrons. The lowest BCUT2D eigenvalue weighted by molar-refractivity contribution is -0.104. The van der Waals surface area contributed by atoms with Gasteiger partial charge in [-0.25, -0.2) is 0 Å². The summed E-state index contributed by atoms with van der Waals surface area (Å²) >= 11 is 0. The third kappa shape index (κ3) is 3.01. The van der Waals surface area contributed by atoms with E-state index < -0.39 is 5.72 Å². The summed E-state index contributed by atoms with van der Waals surface area (Å²) in [4.78, 5) is 5.45. The number of rotatable bonds is 4. The Kier molecular flexibility index (Phi) is 4.53. The predicted molar refractivity (Wildman–Crippen MR) is 112 cm³/mol. The highest BCUT2D eigenvalue weighted by Crippen LogP contribution is 2.40. The van der Waals surface area contributed by atoms with Gasteiger partial charge in [0, 0.05) is 35.8 Å². The first kappa shape index (κ1) is 18.7. The molecule has 0 radical (unpaired) electrons. The van der Waals surface area contributed by atoms with E-state index in [4.69, 9.17) is 0 Å². The van der Waals surface area contributed by atoms with Crippen LogP contribution >= 0.6 is 0 Å². The number of nitriles is 1. The minimum Gasteiger partial charge on any atom is -0.372 e. The van der Waals surface area contributed by atoms with Gasteiger partial charge in [-0.3, -0.25) is 4.90 Å². The van der Waals surface area contributed by atoms with E-state index in [2.05, 4.69) is 48.9 Å². The van der Waals surface area contributed by atoms with Crippen LogP contribution in [0, 0.1) is 24.2 Å². The van der Waals surface area contributed by atoms with E-state index in [0.717, 1.165) is 28.5 Å². The van der Waals surface area contributed by atoms with Gasteiger partial charge in [0.25, 0.3) is 0 Å². The van der Waals surface area contributed by atoms with Crippen molar-refractivity contribution < 1.29 is 5.11 Å². The maximum atomic E-state index is 11.8. The lowest BCUT2D eigenvalue weighted by Crippen LogP contribution is -2.41. The van der Waals surface area contributed by atoms with Crippen LogP contribution in [-0.2, 0) is 25.2 Å². The topological polar surface area (TPSA) is 63.0 Å². The molecule has 4 heteroatoms. The van der Waals surface area contributed by atoms with Gasteiger partial charge in [0.1, 0.15) is 5.72 Å². The van der Waals surface area contributed by atoms with Crippen LogP contribution in [0.4, 0.5) is 0 Å². The van der Waals surface area contributed by atoms with Crippen LogP contribution in [0.1, 0.15) is 54.2 Å². The number of hydrogen-bond acceptors (Lipinski definition) is 3. The first-order valence-electron chi connectivity index (χ1n) is 9.90. The molecule has 0 aliphatic carbocycles. The lowest BCUT2D eigenvalue weighted by Gasteiger charge is -2.36. The second-order valence-electron chi connectivity index (χ2n) is 8.56. The molecular weight excluding hydrogens is 346 g/mol. The molecule has 28 heavy (non-hydrogen) atoms. The summed E-state index contributed by atoms with van der Waals surface area (Å²) in [5.74, 6) is 0.499. The standard InChI is InChI=1S/C24H27N3O/c1-15(2)9-19-10-16(3)23-21(7-8-26-23)22(19)24(4,28)27-13-18-6-5-17(12-25)11-20(18)14-27/h5-8,10-11,15,26,28H,9,13-14H2,1-4H3. The highest BCUT2D eigenvalue weighted by Gasteiger charge is 2.38. The Hall–Kier alpha value is -2.61. The van der Waals surface area contributed by atoms with Gasteiger partial charge >= 0.3 is 0 Å². The van der Waals surface area contributed by atoms with Gasteiger partial charge in [0.05, 0.1) is 11.6 Å². The molecule has 0 saturated carbocycles. The van der Waals surface area contributed by atoms with Crippen molar-refractivity contribution in [2.75, 3.05) is 0 Å². The van der Waals surface area contributed by atoms with Crippen LogP contribution < -0.4 is 0 Å². The van der Waals surface area contributed by atoms with E-state index in [1.54, 1.807) is 0 Å². The van der Waals surface area contributed by atoms with Gasteiger partial charge in [-0.2, -0.15) is 5.26 Å². The summed E-state index contributed by atoms with van der Waals surface area (Å²) in [5, 5.41) is 22.1. The van der Waals surface area contributed by atoms with Crippen molar-refractivity contribution in [3.8, 4) is 6.07 Å². The number of fused-ring (bicyclic) bond motifs is 2. The monoisotopic (exact) mass is 373 g/mol. The molecule has 0 amide bonds. The fourth-order valence-electron chi connectivity index (χ4n) is 4.57. The van der Waals surface area contributed by atoms with Gasteiger partial charge in [-0.1, -0.05) is 26.0 Å². The van der Waals surface area contributed by atoms with E-state index in [-0.39, 0.29) is 0 Å². The van der Waals surface area contributed by atoms with Crippen molar-refractivity contribution in [3.63, 3.8) is 0 Å². The van der Waals surface area contributed by atoms with E-state index in [1.165, 1.54) is 16.7 Å². The van der Waals surface area contributed by atoms with Crippen molar-refractivity contribution in [1.82, 2.24) is 9.88 Å². The first-order valence-corrected chi connectivity index (χ1v) is 9.90. The third-order valence-electron chi connectivity index (χ3n) is 5.90. The second-order valence-corrected chi connectivity index (χ2v) is 8.56. The number of benzene rings is 2. The number of nitrogens with one attached hydrogen (secondary N) is 1. The fraction of sp³-hybridized carbons (Fsp3) is 0.375. The van der Waals surface area contributed by atoms with Crippen molar-refractivity contribution in [1.29, 1.82) is 5.26 Å². The van der Waals surface area contributed by atoms with Crippen molar-refractivity contribution in [2.45, 2.75) is 52.9 Å². The van der Waals surface area contributed by atoms with Crippen LogP contribution in [0.2, 0.25) is 0 Å². The van der Waals surface area contributed by atoms with Crippen molar-refractivity contribution >= 4 is 10.9 Å². The molecule has 1 aromatic heterocycles. The smallest absolute Gasteiger partial charge is 0.143 e. The zero-order chi connectivity index (χ0) is 20.1. The van der Waals surface area contributed by atoms with Crippen LogP contribution in [0.25, 0.3) is 10.9 Å². The molecule has 2 aromatic carbocycles. The van der Waals surface area contributed by atoms with Crippen LogP contribution in [0.5, 0.6) is 0 Å². The molecule has 3 aromatic rings. The third-order valence-corrected chi connectivity index (χ3v) is 5.90. The average Bonchev–Trinajstić information content (AvgIpc) is 3.27. The summed E-state index contributed by atoms with van der Waals surface area (Å²) in [7, 11) is 0. The van der Waals surface area contributed by atoms with Crippen molar-refractivity contribution in [3.05, 3.63) is 69.9 Å². The number of aliphatic hydroxyl groups is 1. The minimum absolute atomic E-state index is 0.499. The fourth-order valence-corrected chi connectivity index (χ4v) is 4.57. The molecule has 4 nitrogen and oxygen atoms in total. The van der Waals surface area contributed by atoms with E-state index in [0.29, 0.717) is 24.6 Å². The highest BCUT2D eigenvalue weighted by molar-refractivity contribution is 5.87. The Morgan fingerprint density at radius 3 is 2.68 bits per heavy atom. The van der Waals surface area contributed by atoms with Crippen LogP contribution in [-0.4, -0.2) is 15.0 Å². The molecule has 0 saturated heterocycles. The Bertz CT molecular complexity index is 1090. The first-order chi connectivity index (χ1) is 13.3. The van der Waals surface area contributed by atoms with E-state index in [1.807, 2.05) is 31.3 Å². The summed E-state index contributed by atoms with van der Waals surface area (Å²) < 4.78 is 0. The average molecular weight is 374 g/mol. The Morgan fingerprint density at radius 2 is 1.96 bits per heavy atom. The molecule has 0 bridgehead atoms. The van der Waals surface area contributed by atoms with Crippen molar-refractivity contribution in [2.24, 2.45) is 5.92 Å². The normalized spacial score (nSPS) is 16.3. The Labute approximate surface area is 166 Å². The summed E-state index contributed by atoms with van der Waals surface area (Å²) in [5.41, 5.74) is 6.37. The van der Waals surface area contributed by atoms with E-state index in [9.17, 15) is 10.4 Å². The maximum absolute atomic E-state index is 11.8. The number of aromatic nitrogens is 1. The minimum atomic E-state index is -1.11. The van der Waals surface area contributed by atoms with Crippen LogP contribution in [0.15, 0.2) is 36.5 Å². The number of nitrogens with zero attached hydrogens (tertiary/aromatic N) is 2. The molecule has 4 rings (SSSR count). The zero-order valence-electron chi connectivity index (χ0n) is 17.0. The summed E-state index contributed by atoms with van der Waals surface area (Å²) in [6, 6.07) is 12.3. The summed E-state index contributed by atoms with van der Waals surface area (Å²) in [6.07, 6.45) is 2.88. The molecule has 2 N–H and O–H groups in total. The SMILES string of the molecule is Cc1cc(CC(C)C)c(C(C)(O)N2Cc3ccc(C#N)cc3C2)c2cc[nH]c12. The Morgan fingerprint density at radius 1 is 1.21 bits per heavy atom. The second kappa shape index (κ2) is 6.77. The number of aromatic amines is 1. The number of hydrogen-bond donors (Lipinski definition) is 2. The molecule has 1 unspecified atom stereocenters.